The molecule has 0 bridgehead atoms. The van der Waals surface area contributed by atoms with E-state index in [9.17, 15) is 0 Å². The first-order valence-corrected chi connectivity index (χ1v) is 6.40. The van der Waals surface area contributed by atoms with Gasteiger partial charge in [-0.05, 0) is 17.7 Å². The van der Waals surface area contributed by atoms with E-state index in [1.54, 1.807) is 0 Å². The molecule has 0 fully saturated rings. The van der Waals surface area contributed by atoms with E-state index in [4.69, 9.17) is 17.3 Å². The summed E-state index contributed by atoms with van der Waals surface area (Å²) >= 11 is 7.79. The van der Waals surface area contributed by atoms with Gasteiger partial charge in [-0.3, -0.25) is 0 Å². The van der Waals surface area contributed by atoms with Crippen LogP contribution in [0.1, 0.15) is 32.4 Å². The first kappa shape index (κ1) is 12.9. The smallest absolute Gasteiger partial charge is 0.0409 e. The second-order valence-corrected chi connectivity index (χ2v) is 6.87. The molecule has 1 nitrogen and oxygen atoms in total. The number of nitrogens with two attached hydrogens (primary N) is 1. The highest BCUT2D eigenvalue weighted by atomic mass is 35.5. The van der Waals surface area contributed by atoms with Gasteiger partial charge < -0.3 is 5.73 Å². The number of hydrogen-bond acceptors (Lipinski definition) is 2. The Morgan fingerprint density at radius 3 is 2.60 bits per heavy atom. The Hall–Kier alpha value is -0.180. The van der Waals surface area contributed by atoms with Crippen molar-refractivity contribution in [2.24, 2.45) is 5.73 Å². The van der Waals surface area contributed by atoms with Crippen molar-refractivity contribution in [1.82, 2.24) is 0 Å². The summed E-state index contributed by atoms with van der Waals surface area (Å²) in [6.07, 6.45) is 0. The summed E-state index contributed by atoms with van der Waals surface area (Å²) in [7, 11) is 0. The molecular weight excluding hydrogens is 226 g/mol. The summed E-state index contributed by atoms with van der Waals surface area (Å²) in [5.74, 6) is 0.920. The van der Waals surface area contributed by atoms with E-state index in [0.717, 1.165) is 16.3 Å². The monoisotopic (exact) mass is 243 g/mol. The second-order valence-electron chi connectivity index (χ2n) is 4.58. The lowest BCUT2D eigenvalue weighted by molar-refractivity contribution is 0.779. The Kier molecular flexibility index (Phi) is 4.50. The third-order valence-electron chi connectivity index (χ3n) is 1.97. The fraction of sp³-hybridized carbons (Fsp3) is 0.500. The summed E-state index contributed by atoms with van der Waals surface area (Å²) in [6, 6.07) is 7.84. The standard InChI is InChI=1S/C12H18ClNS/c1-12(2,3)15-8-11(14)9-5-4-6-10(13)7-9/h4-7,11H,8,14H2,1-3H3. The first-order chi connectivity index (χ1) is 6.88. The quantitative estimate of drug-likeness (QED) is 0.872. The molecule has 1 rings (SSSR count). The zero-order valence-electron chi connectivity index (χ0n) is 9.46. The van der Waals surface area contributed by atoms with Crippen molar-refractivity contribution >= 4 is 23.4 Å². The van der Waals surface area contributed by atoms with Crippen molar-refractivity contribution in [3.63, 3.8) is 0 Å². The van der Waals surface area contributed by atoms with Crippen LogP contribution in [0, 0.1) is 0 Å². The fourth-order valence-electron chi connectivity index (χ4n) is 1.17. The molecular formula is C12H18ClNS. The van der Waals surface area contributed by atoms with Crippen LogP contribution in [0.5, 0.6) is 0 Å². The molecule has 0 spiro atoms. The zero-order chi connectivity index (χ0) is 11.5. The normalized spacial score (nSPS) is 13.9. The van der Waals surface area contributed by atoms with Gasteiger partial charge in [-0.1, -0.05) is 44.5 Å². The van der Waals surface area contributed by atoms with E-state index >= 15 is 0 Å². The third-order valence-corrected chi connectivity index (χ3v) is 3.60. The molecule has 1 unspecified atom stereocenters. The van der Waals surface area contributed by atoms with Crippen LogP contribution < -0.4 is 5.73 Å². The molecule has 0 aliphatic heterocycles. The van der Waals surface area contributed by atoms with E-state index in [2.05, 4.69) is 20.8 Å². The van der Waals surface area contributed by atoms with Crippen molar-refractivity contribution in [2.45, 2.75) is 31.6 Å². The van der Waals surface area contributed by atoms with Crippen LogP contribution in [0.3, 0.4) is 0 Å². The molecule has 2 N–H and O–H groups in total. The lowest BCUT2D eigenvalue weighted by Crippen LogP contribution is -2.17. The van der Waals surface area contributed by atoms with Gasteiger partial charge in [-0.15, -0.1) is 0 Å². The van der Waals surface area contributed by atoms with Gasteiger partial charge in [-0.25, -0.2) is 0 Å². The van der Waals surface area contributed by atoms with Crippen LogP contribution in [0.2, 0.25) is 5.02 Å². The van der Waals surface area contributed by atoms with Crippen LogP contribution in [0.4, 0.5) is 0 Å². The summed E-state index contributed by atoms with van der Waals surface area (Å²) in [5.41, 5.74) is 7.20. The van der Waals surface area contributed by atoms with Crippen LogP contribution >= 0.6 is 23.4 Å². The molecule has 0 saturated heterocycles. The molecule has 0 saturated carbocycles. The zero-order valence-corrected chi connectivity index (χ0v) is 11.0. The average molecular weight is 244 g/mol. The molecule has 3 heteroatoms. The van der Waals surface area contributed by atoms with Crippen LogP contribution in [-0.2, 0) is 0 Å². The maximum atomic E-state index is 6.09. The van der Waals surface area contributed by atoms with Crippen LogP contribution in [-0.4, -0.2) is 10.5 Å². The SMILES string of the molecule is CC(C)(C)SCC(N)c1cccc(Cl)c1. The van der Waals surface area contributed by atoms with Gasteiger partial charge in [0.25, 0.3) is 0 Å². The predicted octanol–water partition coefficient (Wildman–Crippen LogP) is 3.87. The van der Waals surface area contributed by atoms with E-state index in [1.807, 2.05) is 36.0 Å². The number of hydrogen-bond donors (Lipinski definition) is 1. The summed E-state index contributed by atoms with van der Waals surface area (Å²) in [5, 5.41) is 0.753. The molecule has 0 aliphatic rings. The number of halogens is 1. The van der Waals surface area contributed by atoms with Gasteiger partial charge in [-0.2, -0.15) is 11.8 Å². The Morgan fingerprint density at radius 1 is 1.40 bits per heavy atom. The highest BCUT2D eigenvalue weighted by molar-refractivity contribution is 8.00. The highest BCUT2D eigenvalue weighted by Gasteiger charge is 2.14. The van der Waals surface area contributed by atoms with Crippen LogP contribution in [0.25, 0.3) is 0 Å². The second kappa shape index (κ2) is 5.24. The molecule has 0 amide bonds. The van der Waals surface area contributed by atoms with E-state index in [-0.39, 0.29) is 10.8 Å². The van der Waals surface area contributed by atoms with Crippen molar-refractivity contribution in [3.05, 3.63) is 34.9 Å². The summed E-state index contributed by atoms with van der Waals surface area (Å²) in [6.45, 7) is 6.59. The van der Waals surface area contributed by atoms with Gasteiger partial charge in [0, 0.05) is 21.6 Å². The van der Waals surface area contributed by atoms with Crippen molar-refractivity contribution < 1.29 is 0 Å². The number of thioether (sulfide) groups is 1. The maximum absolute atomic E-state index is 6.09. The van der Waals surface area contributed by atoms with Gasteiger partial charge in [0.15, 0.2) is 0 Å². The van der Waals surface area contributed by atoms with Crippen molar-refractivity contribution in [3.8, 4) is 0 Å². The minimum Gasteiger partial charge on any atom is -0.323 e. The molecule has 84 valence electrons. The van der Waals surface area contributed by atoms with E-state index < -0.39 is 0 Å². The minimum absolute atomic E-state index is 0.0629. The fourth-order valence-corrected chi connectivity index (χ4v) is 2.24. The Labute approximate surface area is 101 Å². The third kappa shape index (κ3) is 4.92. The van der Waals surface area contributed by atoms with Crippen molar-refractivity contribution in [2.75, 3.05) is 5.75 Å². The summed E-state index contributed by atoms with van der Waals surface area (Å²) < 4.78 is 0.260. The molecule has 0 radical (unpaired) electrons. The summed E-state index contributed by atoms with van der Waals surface area (Å²) in [4.78, 5) is 0. The van der Waals surface area contributed by atoms with Crippen LogP contribution in [0.15, 0.2) is 24.3 Å². The largest absolute Gasteiger partial charge is 0.323 e. The Balaban J connectivity index is 2.58. The maximum Gasteiger partial charge on any atom is 0.0409 e. The lowest BCUT2D eigenvalue weighted by Gasteiger charge is -2.20. The predicted molar refractivity (Wildman–Crippen MR) is 70.6 cm³/mol. The molecule has 0 heterocycles. The van der Waals surface area contributed by atoms with Gasteiger partial charge >= 0.3 is 0 Å². The number of rotatable bonds is 3. The Morgan fingerprint density at radius 2 is 2.07 bits per heavy atom. The van der Waals surface area contributed by atoms with Crippen molar-refractivity contribution in [1.29, 1.82) is 0 Å². The molecule has 0 aromatic heterocycles. The number of benzene rings is 1. The topological polar surface area (TPSA) is 26.0 Å². The average Bonchev–Trinajstić information content (AvgIpc) is 2.13. The minimum atomic E-state index is 0.0629. The molecule has 1 aromatic carbocycles. The van der Waals surface area contributed by atoms with Gasteiger partial charge in [0.05, 0.1) is 0 Å². The van der Waals surface area contributed by atoms with Gasteiger partial charge in [0.2, 0.25) is 0 Å². The molecule has 0 aliphatic carbocycles. The lowest BCUT2D eigenvalue weighted by atomic mass is 10.1. The van der Waals surface area contributed by atoms with E-state index in [0.29, 0.717) is 0 Å². The van der Waals surface area contributed by atoms with Gasteiger partial charge in [0.1, 0.15) is 0 Å². The van der Waals surface area contributed by atoms with E-state index in [1.165, 1.54) is 0 Å². The Bertz CT molecular complexity index is 320. The molecule has 1 aromatic rings. The molecule has 15 heavy (non-hydrogen) atoms. The highest BCUT2D eigenvalue weighted by Crippen LogP contribution is 2.27. The first-order valence-electron chi connectivity index (χ1n) is 5.03. The molecule has 1 atom stereocenters.